The predicted octanol–water partition coefficient (Wildman–Crippen LogP) is 5.08. The molecule has 174 valence electrons. The van der Waals surface area contributed by atoms with Gasteiger partial charge in [0.15, 0.2) is 0 Å². The van der Waals surface area contributed by atoms with Crippen LogP contribution in [0.25, 0.3) is 5.76 Å². The number of nitrogens with zero attached hydrogens (tertiary/aromatic N) is 1. The second-order valence-electron chi connectivity index (χ2n) is 7.54. The Morgan fingerprint density at radius 2 is 1.76 bits per heavy atom. The minimum atomic E-state index is -0.989. The van der Waals surface area contributed by atoms with Gasteiger partial charge in [-0.05, 0) is 61.0 Å². The third-order valence-electron chi connectivity index (χ3n) is 5.50. The normalized spacial score (nSPS) is 17.1. The molecule has 1 saturated heterocycles. The average molecular weight is 480 g/mol. The van der Waals surface area contributed by atoms with Crippen LogP contribution in [-0.2, 0) is 9.59 Å². The molecule has 4 rings (SSSR count). The number of aliphatic hydroxyl groups is 1. The van der Waals surface area contributed by atoms with E-state index in [1.165, 1.54) is 24.1 Å². The Hall–Kier alpha value is -3.97. The van der Waals surface area contributed by atoms with Crippen LogP contribution < -0.4 is 14.4 Å². The molecule has 1 amide bonds. The number of carbonyl (C=O) groups is 2. The topological polar surface area (TPSA) is 96.3 Å². The van der Waals surface area contributed by atoms with Gasteiger partial charge in [-0.1, -0.05) is 23.7 Å². The summed E-state index contributed by atoms with van der Waals surface area (Å²) in [6.45, 7) is 2.34. The van der Waals surface area contributed by atoms with Crippen molar-refractivity contribution >= 4 is 34.7 Å². The number of halogens is 1. The average Bonchev–Trinajstić information content (AvgIpc) is 3.11. The van der Waals surface area contributed by atoms with Gasteiger partial charge in [0.1, 0.15) is 23.0 Å². The lowest BCUT2D eigenvalue weighted by Gasteiger charge is -2.26. The molecule has 0 spiro atoms. The van der Waals surface area contributed by atoms with Gasteiger partial charge in [0.25, 0.3) is 11.7 Å². The lowest BCUT2D eigenvalue weighted by atomic mass is 9.95. The first-order valence-electron chi connectivity index (χ1n) is 10.5. The van der Waals surface area contributed by atoms with Crippen LogP contribution in [0.3, 0.4) is 0 Å². The highest BCUT2D eigenvalue weighted by atomic mass is 35.5. The summed E-state index contributed by atoms with van der Waals surface area (Å²) in [5.74, 6) is -1.03. The highest BCUT2D eigenvalue weighted by molar-refractivity contribution is 6.51. The Morgan fingerprint density at radius 1 is 1.03 bits per heavy atom. The van der Waals surface area contributed by atoms with E-state index in [0.29, 0.717) is 34.9 Å². The van der Waals surface area contributed by atoms with Gasteiger partial charge in [-0.25, -0.2) is 0 Å². The van der Waals surface area contributed by atoms with E-state index >= 15 is 0 Å². The van der Waals surface area contributed by atoms with Crippen LogP contribution >= 0.6 is 11.6 Å². The zero-order valence-electron chi connectivity index (χ0n) is 18.5. The Labute approximate surface area is 201 Å². The monoisotopic (exact) mass is 479 g/mol. The Balaban J connectivity index is 1.91. The minimum absolute atomic E-state index is 0.0507. The maximum atomic E-state index is 13.2. The van der Waals surface area contributed by atoms with E-state index in [0.717, 1.165) is 0 Å². The van der Waals surface area contributed by atoms with Crippen LogP contribution in [0.2, 0.25) is 5.02 Å². The first kappa shape index (κ1) is 23.2. The number of phenolic OH excluding ortho intramolecular Hbond substituents is 1. The number of ketones is 1. The summed E-state index contributed by atoms with van der Waals surface area (Å²) < 4.78 is 10.7. The number of phenols is 1. The Bertz CT molecular complexity index is 1280. The number of methoxy groups -OCH3 is 1. The van der Waals surface area contributed by atoms with Gasteiger partial charge in [0, 0.05) is 17.3 Å². The summed E-state index contributed by atoms with van der Waals surface area (Å²) in [6.07, 6.45) is 0. The van der Waals surface area contributed by atoms with Crippen LogP contribution in [0.4, 0.5) is 5.69 Å². The van der Waals surface area contributed by atoms with Gasteiger partial charge in [-0.2, -0.15) is 0 Å². The second kappa shape index (κ2) is 9.49. The van der Waals surface area contributed by atoms with Crippen molar-refractivity contribution in [3.05, 3.63) is 88.5 Å². The van der Waals surface area contributed by atoms with E-state index in [-0.39, 0.29) is 22.1 Å². The van der Waals surface area contributed by atoms with Crippen LogP contribution in [0, 0.1) is 0 Å². The number of hydrogen-bond donors (Lipinski definition) is 2. The smallest absolute Gasteiger partial charge is 0.300 e. The van der Waals surface area contributed by atoms with E-state index < -0.39 is 17.7 Å². The fourth-order valence-corrected chi connectivity index (χ4v) is 4.09. The molecule has 1 heterocycles. The second-order valence-corrected chi connectivity index (χ2v) is 7.95. The third kappa shape index (κ3) is 4.18. The molecule has 3 aromatic carbocycles. The third-order valence-corrected chi connectivity index (χ3v) is 5.80. The van der Waals surface area contributed by atoms with Gasteiger partial charge in [-0.3, -0.25) is 14.5 Å². The van der Waals surface area contributed by atoms with Crippen LogP contribution in [0.1, 0.15) is 24.1 Å². The molecule has 34 heavy (non-hydrogen) atoms. The number of amides is 1. The van der Waals surface area contributed by atoms with E-state index in [1.807, 2.05) is 6.92 Å². The molecule has 3 aromatic rings. The Morgan fingerprint density at radius 3 is 2.41 bits per heavy atom. The molecule has 0 aromatic heterocycles. The summed E-state index contributed by atoms with van der Waals surface area (Å²) in [4.78, 5) is 27.7. The molecule has 8 heteroatoms. The molecule has 1 fully saturated rings. The molecule has 2 N–H and O–H groups in total. The molecule has 1 unspecified atom stereocenters. The highest BCUT2D eigenvalue weighted by Crippen LogP contribution is 2.44. The Kier molecular flexibility index (Phi) is 6.47. The zero-order chi connectivity index (χ0) is 24.4. The lowest BCUT2D eigenvalue weighted by Crippen LogP contribution is -2.29. The molecule has 1 aliphatic heterocycles. The van der Waals surface area contributed by atoms with Crippen molar-refractivity contribution in [3.63, 3.8) is 0 Å². The molecule has 0 aliphatic carbocycles. The van der Waals surface area contributed by atoms with Gasteiger partial charge < -0.3 is 19.7 Å². The lowest BCUT2D eigenvalue weighted by molar-refractivity contribution is -0.132. The number of hydrogen-bond acceptors (Lipinski definition) is 6. The van der Waals surface area contributed by atoms with E-state index in [4.69, 9.17) is 21.1 Å². The fourth-order valence-electron chi connectivity index (χ4n) is 3.90. The number of anilines is 1. The van der Waals surface area contributed by atoms with Gasteiger partial charge in [0.2, 0.25) is 0 Å². The molecular formula is C26H22ClNO6. The molecular weight excluding hydrogens is 458 g/mol. The van der Waals surface area contributed by atoms with Gasteiger partial charge in [-0.15, -0.1) is 0 Å². The number of benzene rings is 3. The van der Waals surface area contributed by atoms with Crippen molar-refractivity contribution in [1.82, 2.24) is 0 Å². The van der Waals surface area contributed by atoms with Crippen molar-refractivity contribution in [2.24, 2.45) is 0 Å². The largest absolute Gasteiger partial charge is 0.507 e. The molecule has 0 saturated carbocycles. The number of aromatic hydroxyl groups is 1. The predicted molar refractivity (Wildman–Crippen MR) is 129 cm³/mol. The summed E-state index contributed by atoms with van der Waals surface area (Å²) in [6, 6.07) is 16.7. The van der Waals surface area contributed by atoms with Crippen LogP contribution in [0.15, 0.2) is 72.3 Å². The molecule has 1 aliphatic rings. The number of carbonyl (C=O) groups excluding carboxylic acids is 2. The standard InChI is InChI=1S/C26H22ClNO6/c1-3-34-18-10-7-15(8-11-18)24(30)22-23(16-9-12-21(29)20(27)13-16)28(26(32)25(22)31)17-5-4-6-19(14-17)33-2/h4-14,23,29-30H,3H2,1-2H3/b24-22-. The number of aliphatic hydroxyl groups excluding tert-OH is 1. The van der Waals surface area contributed by atoms with Gasteiger partial charge >= 0.3 is 0 Å². The maximum Gasteiger partial charge on any atom is 0.300 e. The first-order valence-corrected chi connectivity index (χ1v) is 10.9. The molecule has 1 atom stereocenters. The van der Waals surface area contributed by atoms with E-state index in [2.05, 4.69) is 0 Å². The molecule has 0 bridgehead atoms. The van der Waals surface area contributed by atoms with E-state index in [9.17, 15) is 19.8 Å². The van der Waals surface area contributed by atoms with Gasteiger partial charge in [0.05, 0.1) is 30.4 Å². The van der Waals surface area contributed by atoms with Crippen LogP contribution in [-0.4, -0.2) is 35.6 Å². The van der Waals surface area contributed by atoms with Crippen molar-refractivity contribution in [3.8, 4) is 17.2 Å². The summed E-state index contributed by atoms with van der Waals surface area (Å²) in [5, 5.41) is 21.1. The minimum Gasteiger partial charge on any atom is -0.507 e. The van der Waals surface area contributed by atoms with Crippen molar-refractivity contribution in [2.45, 2.75) is 13.0 Å². The SMILES string of the molecule is CCOc1ccc(/C(O)=C2/C(=O)C(=O)N(c3cccc(OC)c3)C2c2ccc(O)c(Cl)c2)cc1. The maximum absolute atomic E-state index is 13.2. The van der Waals surface area contributed by atoms with E-state index in [1.54, 1.807) is 54.6 Å². The van der Waals surface area contributed by atoms with Crippen molar-refractivity contribution < 1.29 is 29.3 Å². The number of Topliss-reactive ketones (excluding diaryl/α,β-unsaturated/α-hetero) is 1. The zero-order valence-corrected chi connectivity index (χ0v) is 19.2. The summed E-state index contributed by atoms with van der Waals surface area (Å²) >= 11 is 6.15. The quantitative estimate of drug-likeness (QED) is 0.291. The summed E-state index contributed by atoms with van der Waals surface area (Å²) in [7, 11) is 1.50. The highest BCUT2D eigenvalue weighted by Gasteiger charge is 2.47. The fraction of sp³-hybridized carbons (Fsp3) is 0.154. The summed E-state index contributed by atoms with van der Waals surface area (Å²) in [5.41, 5.74) is 1.10. The first-order chi connectivity index (χ1) is 16.3. The molecule has 0 radical (unpaired) electrons. The van der Waals surface area contributed by atoms with Crippen molar-refractivity contribution in [1.29, 1.82) is 0 Å². The van der Waals surface area contributed by atoms with Crippen LogP contribution in [0.5, 0.6) is 17.2 Å². The number of ether oxygens (including phenoxy) is 2. The van der Waals surface area contributed by atoms with Crippen molar-refractivity contribution in [2.75, 3.05) is 18.6 Å². The number of rotatable bonds is 6. The molecule has 7 nitrogen and oxygen atoms in total.